The summed E-state index contributed by atoms with van der Waals surface area (Å²) < 4.78 is 10.8. The van der Waals surface area contributed by atoms with E-state index in [-0.39, 0.29) is 37.2 Å². The number of ketones is 1. The zero-order valence-corrected chi connectivity index (χ0v) is 15.1. The van der Waals surface area contributed by atoms with Gasteiger partial charge in [0.15, 0.2) is 11.9 Å². The SMILES string of the molecule is CCCOc1ccc(C(=O)CCC(=O)N2CC(C(=O)O)O[C@H](C)C2)cc1. The molecule has 26 heavy (non-hydrogen) atoms. The van der Waals surface area contributed by atoms with Gasteiger partial charge >= 0.3 is 5.97 Å². The van der Waals surface area contributed by atoms with Crippen molar-refractivity contribution < 1.29 is 29.0 Å². The Bertz CT molecular complexity index is 642. The minimum atomic E-state index is -1.09. The lowest BCUT2D eigenvalue weighted by atomic mass is 10.1. The molecule has 0 saturated carbocycles. The largest absolute Gasteiger partial charge is 0.494 e. The fraction of sp³-hybridized carbons (Fsp3) is 0.526. The van der Waals surface area contributed by atoms with Gasteiger partial charge in [-0.15, -0.1) is 0 Å². The molecule has 1 fully saturated rings. The third-order valence-corrected chi connectivity index (χ3v) is 4.10. The van der Waals surface area contributed by atoms with Crippen molar-refractivity contribution in [3.8, 4) is 5.75 Å². The van der Waals surface area contributed by atoms with E-state index in [0.717, 1.165) is 6.42 Å². The Labute approximate surface area is 152 Å². The summed E-state index contributed by atoms with van der Waals surface area (Å²) in [4.78, 5) is 37.1. The summed E-state index contributed by atoms with van der Waals surface area (Å²) in [5, 5.41) is 9.07. The summed E-state index contributed by atoms with van der Waals surface area (Å²) in [7, 11) is 0. The number of nitrogens with zero attached hydrogens (tertiary/aromatic N) is 1. The van der Waals surface area contributed by atoms with Crippen LogP contribution < -0.4 is 4.74 Å². The third-order valence-electron chi connectivity index (χ3n) is 4.10. The minimum Gasteiger partial charge on any atom is -0.494 e. The molecule has 0 radical (unpaired) electrons. The number of carboxylic acid groups (broad SMARTS) is 1. The van der Waals surface area contributed by atoms with E-state index in [0.29, 0.717) is 24.5 Å². The number of ether oxygens (including phenoxy) is 2. The van der Waals surface area contributed by atoms with Gasteiger partial charge in [0.25, 0.3) is 0 Å². The first kappa shape index (κ1) is 19.9. The average molecular weight is 363 g/mol. The van der Waals surface area contributed by atoms with Crippen LogP contribution in [-0.4, -0.2) is 59.6 Å². The van der Waals surface area contributed by atoms with E-state index in [1.807, 2.05) is 6.92 Å². The molecule has 7 nitrogen and oxygen atoms in total. The smallest absolute Gasteiger partial charge is 0.334 e. The predicted octanol–water partition coefficient (Wildman–Crippen LogP) is 2.14. The molecule has 1 unspecified atom stereocenters. The second-order valence-electron chi connectivity index (χ2n) is 6.37. The Balaban J connectivity index is 1.86. The van der Waals surface area contributed by atoms with Crippen LogP contribution in [0.2, 0.25) is 0 Å². The molecule has 0 bridgehead atoms. The van der Waals surface area contributed by atoms with Crippen LogP contribution in [0.15, 0.2) is 24.3 Å². The van der Waals surface area contributed by atoms with Crippen molar-refractivity contribution in [2.75, 3.05) is 19.7 Å². The summed E-state index contributed by atoms with van der Waals surface area (Å²) in [5.41, 5.74) is 0.528. The molecule has 7 heteroatoms. The maximum Gasteiger partial charge on any atom is 0.334 e. The van der Waals surface area contributed by atoms with Crippen LogP contribution in [0.1, 0.15) is 43.5 Å². The number of hydrogen-bond donors (Lipinski definition) is 1. The monoisotopic (exact) mass is 363 g/mol. The van der Waals surface area contributed by atoms with E-state index in [2.05, 4.69) is 0 Å². The van der Waals surface area contributed by atoms with Gasteiger partial charge in [0.05, 0.1) is 19.3 Å². The van der Waals surface area contributed by atoms with Gasteiger partial charge in [-0.1, -0.05) is 6.92 Å². The molecular formula is C19H25NO6. The number of carbonyl (C=O) groups is 3. The number of Topliss-reactive ketones (excluding diaryl/α,β-unsaturated/α-hetero) is 1. The molecule has 0 aliphatic carbocycles. The van der Waals surface area contributed by atoms with Crippen LogP contribution in [0.3, 0.4) is 0 Å². The first-order chi connectivity index (χ1) is 12.4. The second-order valence-corrected chi connectivity index (χ2v) is 6.37. The standard InChI is InChI=1S/C19H25NO6/c1-3-10-25-15-6-4-14(5-7-15)16(21)8-9-18(22)20-11-13(2)26-17(12-20)19(23)24/h4-7,13,17H,3,8-12H2,1-2H3,(H,23,24)/t13-,17?/m1/s1. The molecule has 0 aromatic heterocycles. The van der Waals surface area contributed by atoms with Crippen LogP contribution in [-0.2, 0) is 14.3 Å². The first-order valence-corrected chi connectivity index (χ1v) is 8.82. The lowest BCUT2D eigenvalue weighted by Crippen LogP contribution is -2.51. The van der Waals surface area contributed by atoms with Crippen LogP contribution >= 0.6 is 0 Å². The molecule has 2 atom stereocenters. The molecule has 1 saturated heterocycles. The van der Waals surface area contributed by atoms with Crippen molar-refractivity contribution in [1.29, 1.82) is 0 Å². The van der Waals surface area contributed by atoms with Gasteiger partial charge in [-0.3, -0.25) is 9.59 Å². The molecule has 1 aromatic carbocycles. The fourth-order valence-corrected chi connectivity index (χ4v) is 2.77. The van der Waals surface area contributed by atoms with Gasteiger partial charge in [-0.05, 0) is 37.6 Å². The zero-order chi connectivity index (χ0) is 19.1. The number of rotatable bonds is 8. The Morgan fingerprint density at radius 2 is 1.88 bits per heavy atom. The van der Waals surface area contributed by atoms with Crippen molar-refractivity contribution in [2.24, 2.45) is 0 Å². The van der Waals surface area contributed by atoms with E-state index < -0.39 is 12.1 Å². The van der Waals surface area contributed by atoms with Gasteiger partial charge in [-0.25, -0.2) is 4.79 Å². The quantitative estimate of drug-likeness (QED) is 0.711. The topological polar surface area (TPSA) is 93.1 Å². The molecule has 1 aromatic rings. The van der Waals surface area contributed by atoms with Gasteiger partial charge in [-0.2, -0.15) is 0 Å². The predicted molar refractivity (Wildman–Crippen MR) is 94.3 cm³/mol. The average Bonchev–Trinajstić information content (AvgIpc) is 2.64. The van der Waals surface area contributed by atoms with Gasteiger partial charge < -0.3 is 19.5 Å². The van der Waals surface area contributed by atoms with Crippen LogP contribution in [0.25, 0.3) is 0 Å². The van der Waals surface area contributed by atoms with E-state index in [4.69, 9.17) is 14.6 Å². The molecular weight excluding hydrogens is 338 g/mol. The Kier molecular flexibility index (Phi) is 7.15. The van der Waals surface area contributed by atoms with Gasteiger partial charge in [0.1, 0.15) is 5.75 Å². The fourth-order valence-electron chi connectivity index (χ4n) is 2.77. The zero-order valence-electron chi connectivity index (χ0n) is 15.1. The Morgan fingerprint density at radius 1 is 1.19 bits per heavy atom. The number of hydrogen-bond acceptors (Lipinski definition) is 5. The van der Waals surface area contributed by atoms with Crippen molar-refractivity contribution in [2.45, 2.75) is 45.3 Å². The number of aliphatic carboxylic acids is 1. The third kappa shape index (κ3) is 5.56. The second kappa shape index (κ2) is 9.33. The number of carbonyl (C=O) groups excluding carboxylic acids is 2. The molecule has 1 heterocycles. The highest BCUT2D eigenvalue weighted by Crippen LogP contribution is 2.16. The lowest BCUT2D eigenvalue weighted by Gasteiger charge is -2.35. The summed E-state index contributed by atoms with van der Waals surface area (Å²) in [5.74, 6) is -0.739. The van der Waals surface area contributed by atoms with Gasteiger partial charge in [0, 0.05) is 24.9 Å². The van der Waals surface area contributed by atoms with Gasteiger partial charge in [0.2, 0.25) is 5.91 Å². The molecule has 2 rings (SSSR count). The van der Waals surface area contributed by atoms with Crippen molar-refractivity contribution >= 4 is 17.7 Å². The highest BCUT2D eigenvalue weighted by Gasteiger charge is 2.32. The van der Waals surface area contributed by atoms with Crippen LogP contribution in [0, 0.1) is 0 Å². The van der Waals surface area contributed by atoms with E-state index in [1.54, 1.807) is 31.2 Å². The van der Waals surface area contributed by atoms with E-state index >= 15 is 0 Å². The first-order valence-electron chi connectivity index (χ1n) is 8.82. The summed E-state index contributed by atoms with van der Waals surface area (Å²) in [6.45, 7) is 4.71. The van der Waals surface area contributed by atoms with Crippen LogP contribution in [0.5, 0.6) is 5.75 Å². The Hall–Kier alpha value is -2.41. The van der Waals surface area contributed by atoms with E-state index in [9.17, 15) is 14.4 Å². The molecule has 1 N–H and O–H groups in total. The highest BCUT2D eigenvalue weighted by molar-refractivity contribution is 5.98. The maximum absolute atomic E-state index is 12.3. The lowest BCUT2D eigenvalue weighted by molar-refractivity contribution is -0.166. The molecule has 1 aliphatic rings. The molecule has 0 spiro atoms. The number of morpholine rings is 1. The summed E-state index contributed by atoms with van der Waals surface area (Å²) in [6.07, 6.45) is -0.330. The number of amides is 1. The molecule has 1 aliphatic heterocycles. The van der Waals surface area contributed by atoms with Crippen molar-refractivity contribution in [3.05, 3.63) is 29.8 Å². The minimum absolute atomic E-state index is 0.0101. The maximum atomic E-state index is 12.3. The Morgan fingerprint density at radius 3 is 2.50 bits per heavy atom. The normalized spacial score (nSPS) is 19.8. The highest BCUT2D eigenvalue weighted by atomic mass is 16.5. The summed E-state index contributed by atoms with van der Waals surface area (Å²) in [6, 6.07) is 6.86. The van der Waals surface area contributed by atoms with Crippen molar-refractivity contribution in [1.82, 2.24) is 4.90 Å². The molecule has 1 amide bonds. The number of benzene rings is 1. The van der Waals surface area contributed by atoms with Crippen LogP contribution in [0.4, 0.5) is 0 Å². The number of carboxylic acids is 1. The summed E-state index contributed by atoms with van der Waals surface area (Å²) >= 11 is 0. The molecule has 142 valence electrons. The van der Waals surface area contributed by atoms with Crippen molar-refractivity contribution in [3.63, 3.8) is 0 Å². The van der Waals surface area contributed by atoms with E-state index in [1.165, 1.54) is 4.90 Å².